The highest BCUT2D eigenvalue weighted by Crippen LogP contribution is 2.29. The Kier molecular flexibility index (Phi) is 5.26. The molecule has 1 saturated heterocycles. The van der Waals surface area contributed by atoms with Crippen LogP contribution in [0.5, 0.6) is 11.5 Å². The van der Waals surface area contributed by atoms with Crippen molar-refractivity contribution in [3.8, 4) is 11.5 Å². The molecule has 2 aromatic rings. The monoisotopic (exact) mass is 355 g/mol. The average molecular weight is 355 g/mol. The van der Waals surface area contributed by atoms with Gasteiger partial charge in [0.25, 0.3) is 0 Å². The van der Waals surface area contributed by atoms with Gasteiger partial charge in [-0.2, -0.15) is 0 Å². The van der Waals surface area contributed by atoms with E-state index in [1.807, 2.05) is 12.1 Å². The Bertz CT molecular complexity index is 805. The average Bonchev–Trinajstić information content (AvgIpc) is 3.08. The SMILES string of the molecule is COc1ccc(NC(=O)Nc2ccc(N3CCCC3=O)cc2)c(OC)c1. The van der Waals surface area contributed by atoms with Crippen LogP contribution in [0.4, 0.5) is 21.9 Å². The fourth-order valence-electron chi connectivity index (χ4n) is 2.83. The van der Waals surface area contributed by atoms with Crippen LogP contribution in [-0.2, 0) is 4.79 Å². The third kappa shape index (κ3) is 3.88. The molecule has 26 heavy (non-hydrogen) atoms. The van der Waals surface area contributed by atoms with Crippen molar-refractivity contribution in [3.05, 3.63) is 42.5 Å². The lowest BCUT2D eigenvalue weighted by Crippen LogP contribution is -2.23. The molecule has 3 rings (SSSR count). The summed E-state index contributed by atoms with van der Waals surface area (Å²) in [5.74, 6) is 1.28. The maximum atomic E-state index is 12.2. The van der Waals surface area contributed by atoms with Gasteiger partial charge in [0.15, 0.2) is 0 Å². The molecule has 0 atom stereocenters. The third-order valence-electron chi connectivity index (χ3n) is 4.17. The Morgan fingerprint density at radius 1 is 1.04 bits per heavy atom. The van der Waals surface area contributed by atoms with E-state index < -0.39 is 6.03 Å². The van der Waals surface area contributed by atoms with Crippen LogP contribution in [0.2, 0.25) is 0 Å². The van der Waals surface area contributed by atoms with E-state index in [0.29, 0.717) is 29.3 Å². The Labute approximate surface area is 151 Å². The number of benzene rings is 2. The number of nitrogens with one attached hydrogen (secondary N) is 2. The fraction of sp³-hybridized carbons (Fsp3) is 0.263. The first kappa shape index (κ1) is 17.6. The molecular formula is C19H21N3O4. The Morgan fingerprint density at radius 2 is 1.81 bits per heavy atom. The lowest BCUT2D eigenvalue weighted by Gasteiger charge is -2.16. The molecule has 0 spiro atoms. The lowest BCUT2D eigenvalue weighted by atomic mass is 10.2. The van der Waals surface area contributed by atoms with Gasteiger partial charge < -0.3 is 25.0 Å². The van der Waals surface area contributed by atoms with Crippen molar-refractivity contribution in [2.24, 2.45) is 0 Å². The Hall–Kier alpha value is -3.22. The van der Waals surface area contributed by atoms with E-state index in [1.165, 1.54) is 7.11 Å². The molecule has 7 nitrogen and oxygen atoms in total. The van der Waals surface area contributed by atoms with Gasteiger partial charge in [-0.15, -0.1) is 0 Å². The smallest absolute Gasteiger partial charge is 0.323 e. The van der Waals surface area contributed by atoms with Crippen LogP contribution in [0.1, 0.15) is 12.8 Å². The number of urea groups is 1. The second kappa shape index (κ2) is 7.77. The molecule has 1 aliphatic heterocycles. The zero-order valence-electron chi connectivity index (χ0n) is 14.7. The van der Waals surface area contributed by atoms with Gasteiger partial charge in [0, 0.05) is 30.4 Å². The highest BCUT2D eigenvalue weighted by Gasteiger charge is 2.21. The predicted molar refractivity (Wildman–Crippen MR) is 100 cm³/mol. The van der Waals surface area contributed by atoms with Crippen LogP contribution in [-0.4, -0.2) is 32.7 Å². The molecule has 0 radical (unpaired) electrons. The minimum absolute atomic E-state index is 0.134. The summed E-state index contributed by atoms with van der Waals surface area (Å²) in [4.78, 5) is 25.8. The van der Waals surface area contributed by atoms with Crippen molar-refractivity contribution in [1.82, 2.24) is 0 Å². The summed E-state index contributed by atoms with van der Waals surface area (Å²) in [6.07, 6.45) is 1.47. The minimum Gasteiger partial charge on any atom is -0.497 e. The van der Waals surface area contributed by atoms with Crippen molar-refractivity contribution in [1.29, 1.82) is 0 Å². The quantitative estimate of drug-likeness (QED) is 0.861. The summed E-state index contributed by atoms with van der Waals surface area (Å²) in [5, 5.41) is 5.50. The van der Waals surface area contributed by atoms with Crippen LogP contribution in [0.3, 0.4) is 0 Å². The van der Waals surface area contributed by atoms with E-state index in [0.717, 1.165) is 18.7 Å². The molecule has 7 heteroatoms. The van der Waals surface area contributed by atoms with Gasteiger partial charge in [0.05, 0.1) is 19.9 Å². The topological polar surface area (TPSA) is 79.9 Å². The predicted octanol–water partition coefficient (Wildman–Crippen LogP) is 3.47. The number of carbonyl (C=O) groups excluding carboxylic acids is 2. The molecule has 1 heterocycles. The molecule has 0 saturated carbocycles. The molecule has 2 N–H and O–H groups in total. The number of hydrogen-bond acceptors (Lipinski definition) is 4. The number of anilines is 3. The van der Waals surface area contributed by atoms with E-state index in [1.54, 1.807) is 42.3 Å². The van der Waals surface area contributed by atoms with Crippen LogP contribution < -0.4 is 25.0 Å². The van der Waals surface area contributed by atoms with E-state index in [4.69, 9.17) is 9.47 Å². The summed E-state index contributed by atoms with van der Waals surface area (Å²) in [7, 11) is 3.09. The lowest BCUT2D eigenvalue weighted by molar-refractivity contribution is -0.117. The molecule has 2 aromatic carbocycles. The maximum Gasteiger partial charge on any atom is 0.323 e. The second-order valence-corrected chi connectivity index (χ2v) is 5.84. The highest BCUT2D eigenvalue weighted by molar-refractivity contribution is 6.01. The number of amides is 3. The minimum atomic E-state index is -0.390. The largest absolute Gasteiger partial charge is 0.497 e. The summed E-state index contributed by atoms with van der Waals surface area (Å²) in [5.41, 5.74) is 2.01. The van der Waals surface area contributed by atoms with E-state index in [2.05, 4.69) is 10.6 Å². The molecule has 1 aliphatic rings. The van der Waals surface area contributed by atoms with Crippen LogP contribution in [0.25, 0.3) is 0 Å². The Balaban J connectivity index is 1.64. The third-order valence-corrected chi connectivity index (χ3v) is 4.17. The van der Waals surface area contributed by atoms with Crippen molar-refractivity contribution >= 4 is 29.0 Å². The normalized spacial score (nSPS) is 13.5. The van der Waals surface area contributed by atoms with Gasteiger partial charge in [-0.1, -0.05) is 0 Å². The van der Waals surface area contributed by atoms with E-state index >= 15 is 0 Å². The molecule has 0 unspecified atom stereocenters. The first-order chi connectivity index (χ1) is 12.6. The fourth-order valence-corrected chi connectivity index (χ4v) is 2.83. The number of ether oxygens (including phenoxy) is 2. The van der Waals surface area contributed by atoms with Crippen LogP contribution >= 0.6 is 0 Å². The van der Waals surface area contributed by atoms with E-state index in [-0.39, 0.29) is 5.91 Å². The number of hydrogen-bond donors (Lipinski definition) is 2. The number of methoxy groups -OCH3 is 2. The number of nitrogens with zero attached hydrogens (tertiary/aromatic N) is 1. The second-order valence-electron chi connectivity index (χ2n) is 5.84. The molecule has 3 amide bonds. The summed E-state index contributed by atoms with van der Waals surface area (Å²) in [6, 6.07) is 11.9. The maximum absolute atomic E-state index is 12.2. The molecule has 0 bridgehead atoms. The van der Waals surface area contributed by atoms with Gasteiger partial charge >= 0.3 is 6.03 Å². The van der Waals surface area contributed by atoms with Crippen LogP contribution in [0, 0.1) is 0 Å². The van der Waals surface area contributed by atoms with Gasteiger partial charge in [-0.25, -0.2) is 4.79 Å². The first-order valence-corrected chi connectivity index (χ1v) is 8.31. The van der Waals surface area contributed by atoms with Crippen molar-refractivity contribution in [2.45, 2.75) is 12.8 Å². The molecule has 0 aliphatic carbocycles. The Morgan fingerprint density at radius 3 is 2.42 bits per heavy atom. The van der Waals surface area contributed by atoms with E-state index in [9.17, 15) is 9.59 Å². The zero-order chi connectivity index (χ0) is 18.5. The van der Waals surface area contributed by atoms with Crippen molar-refractivity contribution in [2.75, 3.05) is 36.3 Å². The molecular weight excluding hydrogens is 334 g/mol. The summed E-state index contributed by atoms with van der Waals surface area (Å²) >= 11 is 0. The first-order valence-electron chi connectivity index (χ1n) is 8.31. The van der Waals surface area contributed by atoms with Gasteiger partial charge in [0.1, 0.15) is 11.5 Å². The molecule has 0 aromatic heterocycles. The summed E-state index contributed by atoms with van der Waals surface area (Å²) in [6.45, 7) is 0.739. The summed E-state index contributed by atoms with van der Waals surface area (Å²) < 4.78 is 10.4. The van der Waals surface area contributed by atoms with Gasteiger partial charge in [0.2, 0.25) is 5.91 Å². The van der Waals surface area contributed by atoms with Crippen LogP contribution in [0.15, 0.2) is 42.5 Å². The van der Waals surface area contributed by atoms with Gasteiger partial charge in [-0.05, 0) is 42.8 Å². The van der Waals surface area contributed by atoms with Crippen molar-refractivity contribution in [3.63, 3.8) is 0 Å². The molecule has 136 valence electrons. The highest BCUT2D eigenvalue weighted by atomic mass is 16.5. The molecule has 1 fully saturated rings. The van der Waals surface area contributed by atoms with Gasteiger partial charge in [-0.3, -0.25) is 4.79 Å². The van der Waals surface area contributed by atoms with Crippen molar-refractivity contribution < 1.29 is 19.1 Å². The zero-order valence-corrected chi connectivity index (χ0v) is 14.7. The standard InChI is InChI=1S/C19H21N3O4/c1-25-15-9-10-16(17(12-15)26-2)21-19(24)20-13-5-7-14(8-6-13)22-11-3-4-18(22)23/h5-10,12H,3-4,11H2,1-2H3,(H2,20,21,24). The number of carbonyl (C=O) groups is 2. The number of rotatable bonds is 5.